The van der Waals surface area contributed by atoms with Crippen molar-refractivity contribution in [1.82, 2.24) is 30.3 Å². The molecule has 16 nitrogen and oxygen atoms in total. The number of nitrogens with zero attached hydrogens (tertiary/aromatic N) is 3. The molecule has 60 heavy (non-hydrogen) atoms. The smallest absolute Gasteiger partial charge is 0.410 e. The number of halogens is 1. The van der Waals surface area contributed by atoms with E-state index in [1.165, 1.54) is 29.0 Å². The maximum Gasteiger partial charge on any atom is 0.410 e. The summed E-state index contributed by atoms with van der Waals surface area (Å²) in [5.74, 6) is -3.64. The van der Waals surface area contributed by atoms with Crippen LogP contribution in [0.3, 0.4) is 0 Å². The molecule has 3 aromatic rings. The van der Waals surface area contributed by atoms with Crippen LogP contribution in [0.2, 0.25) is 0 Å². The molecule has 2 aromatic carbocycles. The molecule has 0 spiro atoms. The van der Waals surface area contributed by atoms with E-state index < -0.39 is 86.5 Å². The van der Waals surface area contributed by atoms with Crippen LogP contribution in [0, 0.1) is 18.7 Å². The van der Waals surface area contributed by atoms with E-state index in [0.717, 1.165) is 0 Å². The maximum absolute atomic E-state index is 15.2. The molecule has 318 valence electrons. The summed E-state index contributed by atoms with van der Waals surface area (Å²) in [7, 11) is -2.50. The lowest BCUT2D eigenvalue weighted by Crippen LogP contribution is -2.58. The lowest BCUT2D eigenvalue weighted by molar-refractivity contribution is -0.143. The minimum Gasteiger partial charge on any atom is -0.497 e. The van der Waals surface area contributed by atoms with Crippen LogP contribution < -0.4 is 20.1 Å². The van der Waals surface area contributed by atoms with Gasteiger partial charge in [-0.2, -0.15) is 0 Å². The van der Waals surface area contributed by atoms with Crippen molar-refractivity contribution in [3.63, 3.8) is 0 Å². The van der Waals surface area contributed by atoms with E-state index in [0.29, 0.717) is 66.7 Å². The Kier molecular flexibility index (Phi) is 11.2. The highest BCUT2D eigenvalue weighted by atomic mass is 32.2. The Labute approximate surface area is 346 Å². The third kappa shape index (κ3) is 8.20. The molecule has 5 amide bonds. The zero-order valence-electron chi connectivity index (χ0n) is 33.2. The number of rotatable bonds is 8. The molecule has 3 aliphatic heterocycles. The molecule has 18 heteroatoms. The number of amides is 5. The van der Waals surface area contributed by atoms with E-state index in [9.17, 15) is 32.0 Å². The standard InChI is InChI=1S/C42H47FN6O10S/c1-24-19-35(59-46-24)38(51)44-32-12-7-5-3-4-6-10-27-21-42(27,40(53)47-60(55,56)29-17-18-29)45-37(50)33-20-34(36(49(33)39(32)52)25-13-15-28(57-2)16-14-25)58-41(54)48-22-26-9-8-11-31(43)30(26)23-48/h6,8-11,13-16,19,27,29,32-34,36H,3-5,7,12,17-18,20-23H2,1-2H3,(H,44,51)(H,45,50)(H,47,53)/b10-6-/t27?,32?,33?,34-,36+,42?/m1/s1. The number of sulfonamides is 1. The van der Waals surface area contributed by atoms with E-state index in [1.807, 2.05) is 12.2 Å². The second-order valence-electron chi connectivity index (χ2n) is 16.2. The highest BCUT2D eigenvalue weighted by Crippen LogP contribution is 2.47. The number of nitrogens with one attached hydrogen (secondary N) is 3. The molecule has 0 radical (unpaired) electrons. The Hall–Kier alpha value is -5.78. The summed E-state index contributed by atoms with van der Waals surface area (Å²) in [5, 5.41) is 8.75. The van der Waals surface area contributed by atoms with Crippen LogP contribution in [0.25, 0.3) is 0 Å². The summed E-state index contributed by atoms with van der Waals surface area (Å²) in [4.78, 5) is 74.2. The Morgan fingerprint density at radius 1 is 1.03 bits per heavy atom. The van der Waals surface area contributed by atoms with E-state index in [2.05, 4.69) is 20.5 Å². The van der Waals surface area contributed by atoms with Gasteiger partial charge in [0.1, 0.15) is 35.3 Å². The molecule has 6 atom stereocenters. The monoisotopic (exact) mass is 846 g/mol. The third-order valence-corrected chi connectivity index (χ3v) is 13.9. The highest BCUT2D eigenvalue weighted by Gasteiger charge is 2.63. The van der Waals surface area contributed by atoms with Gasteiger partial charge in [0.25, 0.3) is 11.8 Å². The van der Waals surface area contributed by atoms with Crippen molar-refractivity contribution in [2.24, 2.45) is 5.92 Å². The third-order valence-electron chi connectivity index (χ3n) is 12.0. The van der Waals surface area contributed by atoms with Crippen LogP contribution in [-0.2, 0) is 42.2 Å². The van der Waals surface area contributed by atoms with Crippen molar-refractivity contribution >= 4 is 39.7 Å². The fourth-order valence-corrected chi connectivity index (χ4v) is 9.88. The van der Waals surface area contributed by atoms with Crippen LogP contribution >= 0.6 is 0 Å². The number of aryl methyl sites for hydroxylation is 1. The Morgan fingerprint density at radius 3 is 2.52 bits per heavy atom. The lowest BCUT2D eigenvalue weighted by Gasteiger charge is -2.35. The Bertz CT molecular complexity index is 2330. The molecule has 5 aliphatic rings. The molecular formula is C42H47FN6O10S. The first-order chi connectivity index (χ1) is 28.8. The number of aromatic nitrogens is 1. The number of benzene rings is 2. The largest absolute Gasteiger partial charge is 0.497 e. The van der Waals surface area contributed by atoms with Crippen molar-refractivity contribution in [3.05, 3.63) is 94.6 Å². The van der Waals surface area contributed by atoms with Gasteiger partial charge in [0.05, 0.1) is 30.6 Å². The number of hydrogen-bond acceptors (Lipinski definition) is 11. The number of hydrogen-bond donors (Lipinski definition) is 3. The normalized spacial score (nSPS) is 27.3. The van der Waals surface area contributed by atoms with E-state index in [-0.39, 0.29) is 38.1 Å². The summed E-state index contributed by atoms with van der Waals surface area (Å²) in [6.07, 6.45) is 5.15. The lowest BCUT2D eigenvalue weighted by atomic mass is 10.00. The fraction of sp³-hybridized carbons (Fsp3) is 0.476. The molecule has 3 N–H and O–H groups in total. The number of methoxy groups -OCH3 is 1. The molecule has 1 saturated heterocycles. The van der Waals surface area contributed by atoms with Gasteiger partial charge < -0.3 is 29.5 Å². The predicted octanol–water partition coefficient (Wildman–Crippen LogP) is 4.10. The molecule has 1 aromatic heterocycles. The molecule has 8 rings (SSSR count). The number of carbonyl (C=O) groups excluding carboxylic acids is 5. The summed E-state index contributed by atoms with van der Waals surface area (Å²) < 4.78 is 59.7. The van der Waals surface area contributed by atoms with Gasteiger partial charge in [0.2, 0.25) is 27.6 Å². The molecule has 2 aliphatic carbocycles. The van der Waals surface area contributed by atoms with Gasteiger partial charge in [0, 0.05) is 30.5 Å². The number of fused-ring (bicyclic) bond motifs is 3. The van der Waals surface area contributed by atoms with Crippen molar-refractivity contribution in [2.45, 2.75) is 113 Å². The molecule has 4 heterocycles. The first-order valence-electron chi connectivity index (χ1n) is 20.2. The number of carbonyl (C=O) groups is 5. The maximum atomic E-state index is 15.2. The number of ether oxygens (including phenoxy) is 2. The summed E-state index contributed by atoms with van der Waals surface area (Å²) in [5.41, 5.74) is 0.255. The molecule has 2 saturated carbocycles. The average Bonchev–Trinajstić information content (AvgIpc) is 4.05. The van der Waals surface area contributed by atoms with Gasteiger partial charge in [-0.05, 0) is 74.8 Å². The van der Waals surface area contributed by atoms with Crippen molar-refractivity contribution < 1.29 is 50.8 Å². The van der Waals surface area contributed by atoms with E-state index in [4.69, 9.17) is 14.0 Å². The van der Waals surface area contributed by atoms with Crippen molar-refractivity contribution in [2.75, 3.05) is 7.11 Å². The molecule has 4 unspecified atom stereocenters. The van der Waals surface area contributed by atoms with Crippen LogP contribution in [0.1, 0.15) is 96.8 Å². The van der Waals surface area contributed by atoms with Gasteiger partial charge in [-0.25, -0.2) is 17.6 Å². The number of allylic oxidation sites excluding steroid dienone is 1. The van der Waals surface area contributed by atoms with Crippen LogP contribution in [-0.4, -0.2) is 89.2 Å². The second kappa shape index (κ2) is 16.3. The zero-order chi connectivity index (χ0) is 42.3. The Morgan fingerprint density at radius 2 is 1.82 bits per heavy atom. The van der Waals surface area contributed by atoms with Crippen LogP contribution in [0.15, 0.2) is 65.2 Å². The summed E-state index contributed by atoms with van der Waals surface area (Å²) >= 11 is 0. The second-order valence-corrected chi connectivity index (χ2v) is 18.2. The first kappa shape index (κ1) is 41.0. The van der Waals surface area contributed by atoms with E-state index >= 15 is 4.79 Å². The minimum atomic E-state index is -3.99. The first-order valence-corrected chi connectivity index (χ1v) is 21.8. The summed E-state index contributed by atoms with van der Waals surface area (Å²) in [6, 6.07) is 9.01. The van der Waals surface area contributed by atoms with Gasteiger partial charge in [-0.1, -0.05) is 54.4 Å². The van der Waals surface area contributed by atoms with Gasteiger partial charge in [-0.3, -0.25) is 28.8 Å². The van der Waals surface area contributed by atoms with Crippen molar-refractivity contribution in [3.8, 4) is 5.75 Å². The quantitative estimate of drug-likeness (QED) is 0.275. The van der Waals surface area contributed by atoms with Gasteiger partial charge in [-0.15, -0.1) is 0 Å². The SMILES string of the molecule is COc1ccc([C@H]2[C@H](OC(=O)N3Cc4cccc(F)c4C3)CC3C(=O)NC4(C(=O)NS(=O)(=O)C5CC5)CC4/C=C\CCCCCC(NC(=O)c4cc(C)no4)C(=O)N32)cc1. The molecule has 0 bridgehead atoms. The Balaban J connectivity index is 1.18. The topological polar surface area (TPSA) is 207 Å². The molecule has 3 fully saturated rings. The van der Waals surface area contributed by atoms with Gasteiger partial charge in [0.15, 0.2) is 0 Å². The average molecular weight is 847 g/mol. The van der Waals surface area contributed by atoms with Crippen LogP contribution in [0.4, 0.5) is 9.18 Å². The van der Waals surface area contributed by atoms with Crippen molar-refractivity contribution in [1.29, 1.82) is 0 Å². The van der Waals surface area contributed by atoms with E-state index in [1.54, 1.807) is 43.3 Å². The van der Waals surface area contributed by atoms with Gasteiger partial charge >= 0.3 is 6.09 Å². The molecular weight excluding hydrogens is 800 g/mol. The fourth-order valence-electron chi connectivity index (χ4n) is 8.51. The zero-order valence-corrected chi connectivity index (χ0v) is 34.0. The highest BCUT2D eigenvalue weighted by molar-refractivity contribution is 7.91. The minimum absolute atomic E-state index is 0.0567. The summed E-state index contributed by atoms with van der Waals surface area (Å²) in [6.45, 7) is 1.66. The van der Waals surface area contributed by atoms with Crippen LogP contribution in [0.5, 0.6) is 5.75 Å². The predicted molar refractivity (Wildman–Crippen MR) is 211 cm³/mol.